The number of amides is 1. The summed E-state index contributed by atoms with van der Waals surface area (Å²) in [4.78, 5) is 21.3. The van der Waals surface area contributed by atoms with Gasteiger partial charge in [0.2, 0.25) is 11.8 Å². The summed E-state index contributed by atoms with van der Waals surface area (Å²) in [5.74, 6) is 2.23. The second-order valence-electron chi connectivity index (χ2n) is 8.16. The van der Waals surface area contributed by atoms with Gasteiger partial charge in [-0.25, -0.2) is 9.67 Å². The van der Waals surface area contributed by atoms with Gasteiger partial charge in [-0.3, -0.25) is 4.79 Å². The van der Waals surface area contributed by atoms with Crippen molar-refractivity contribution >= 4 is 11.6 Å². The van der Waals surface area contributed by atoms with Crippen LogP contribution in [0.3, 0.4) is 0 Å². The molecule has 7 heteroatoms. The molecule has 4 aromatic rings. The van der Waals surface area contributed by atoms with Crippen molar-refractivity contribution in [2.24, 2.45) is 0 Å². The number of anilines is 1. The van der Waals surface area contributed by atoms with Crippen molar-refractivity contribution in [2.45, 2.75) is 41.0 Å². The molecular formula is C26H27N5O2. The largest absolute Gasteiger partial charge is 0.439 e. The van der Waals surface area contributed by atoms with Gasteiger partial charge in [0, 0.05) is 17.4 Å². The van der Waals surface area contributed by atoms with Crippen LogP contribution >= 0.6 is 0 Å². The molecule has 0 aliphatic heterocycles. The fraction of sp³-hybridized carbons (Fsp3) is 0.231. The molecule has 4 rings (SSSR count). The lowest BCUT2D eigenvalue weighted by Crippen LogP contribution is -2.14. The highest BCUT2D eigenvalue weighted by Gasteiger charge is 2.13. The highest BCUT2D eigenvalue weighted by atomic mass is 16.5. The lowest BCUT2D eigenvalue weighted by molar-refractivity contribution is -0.115. The maximum atomic E-state index is 12.4. The quantitative estimate of drug-likeness (QED) is 0.446. The molecule has 0 atom stereocenters. The highest BCUT2D eigenvalue weighted by molar-refractivity contribution is 5.92. The molecule has 0 bridgehead atoms. The van der Waals surface area contributed by atoms with E-state index in [2.05, 4.69) is 20.4 Å². The summed E-state index contributed by atoms with van der Waals surface area (Å²) in [6.45, 7) is 9.87. The van der Waals surface area contributed by atoms with Crippen LogP contribution in [-0.4, -0.2) is 25.7 Å². The molecule has 1 N–H and O–H groups in total. The second-order valence-corrected chi connectivity index (χ2v) is 8.16. The predicted octanol–water partition coefficient (Wildman–Crippen LogP) is 5.18. The average Bonchev–Trinajstić information content (AvgIpc) is 3.02. The Morgan fingerprint density at radius 3 is 2.39 bits per heavy atom. The van der Waals surface area contributed by atoms with Crippen LogP contribution in [0.1, 0.15) is 33.9 Å². The molecule has 7 nitrogen and oxygen atoms in total. The monoisotopic (exact) mass is 441 g/mol. The Bertz CT molecular complexity index is 1310. The van der Waals surface area contributed by atoms with E-state index in [-0.39, 0.29) is 5.91 Å². The maximum Gasteiger partial charge on any atom is 0.228 e. The second kappa shape index (κ2) is 9.24. The molecule has 0 spiro atoms. The van der Waals surface area contributed by atoms with E-state index >= 15 is 0 Å². The predicted molar refractivity (Wildman–Crippen MR) is 128 cm³/mol. The molecule has 2 aromatic heterocycles. The minimum Gasteiger partial charge on any atom is -0.439 e. The number of ether oxygens (including phenoxy) is 1. The molecule has 2 heterocycles. The van der Waals surface area contributed by atoms with E-state index in [4.69, 9.17) is 4.74 Å². The Morgan fingerprint density at radius 1 is 0.970 bits per heavy atom. The maximum absolute atomic E-state index is 12.4. The van der Waals surface area contributed by atoms with Crippen LogP contribution in [0.5, 0.6) is 11.6 Å². The molecule has 0 radical (unpaired) electrons. The van der Waals surface area contributed by atoms with Crippen molar-refractivity contribution in [3.05, 3.63) is 88.5 Å². The smallest absolute Gasteiger partial charge is 0.228 e. The standard InChI is InChI=1S/C26H27N5O2/c1-16-7-6-8-21(13-16)14-25(32)29-22-9-11-23(12-10-22)33-26-15-24(27-20(5)28-26)31-19(4)17(2)18(3)30-31/h6-13,15H,14H2,1-5H3,(H,29,32). The van der Waals surface area contributed by atoms with Gasteiger partial charge in [0.05, 0.1) is 12.1 Å². The lowest BCUT2D eigenvalue weighted by atomic mass is 10.1. The molecule has 33 heavy (non-hydrogen) atoms. The van der Waals surface area contributed by atoms with Gasteiger partial charge >= 0.3 is 0 Å². The molecule has 0 unspecified atom stereocenters. The van der Waals surface area contributed by atoms with E-state index in [1.165, 1.54) is 0 Å². The Kier molecular flexibility index (Phi) is 6.22. The van der Waals surface area contributed by atoms with Crippen molar-refractivity contribution in [3.8, 4) is 17.4 Å². The normalized spacial score (nSPS) is 10.8. The third-order valence-electron chi connectivity index (χ3n) is 5.48. The third-order valence-corrected chi connectivity index (χ3v) is 5.48. The zero-order valence-corrected chi connectivity index (χ0v) is 19.5. The molecule has 168 valence electrons. The molecule has 1 amide bonds. The average molecular weight is 442 g/mol. The van der Waals surface area contributed by atoms with E-state index in [1.54, 1.807) is 22.9 Å². The number of carbonyl (C=O) groups is 1. The van der Waals surface area contributed by atoms with Crippen molar-refractivity contribution in [3.63, 3.8) is 0 Å². The van der Waals surface area contributed by atoms with Crippen molar-refractivity contribution in [2.75, 3.05) is 5.32 Å². The summed E-state index contributed by atoms with van der Waals surface area (Å²) in [5.41, 5.74) is 5.96. The van der Waals surface area contributed by atoms with Crippen LogP contribution in [0.2, 0.25) is 0 Å². The number of nitrogens with one attached hydrogen (secondary N) is 1. The Balaban J connectivity index is 1.45. The molecular weight excluding hydrogens is 414 g/mol. The van der Waals surface area contributed by atoms with E-state index < -0.39 is 0 Å². The molecule has 2 aromatic carbocycles. The summed E-state index contributed by atoms with van der Waals surface area (Å²) in [5, 5.41) is 7.50. The molecule has 0 aliphatic carbocycles. The number of hydrogen-bond acceptors (Lipinski definition) is 5. The van der Waals surface area contributed by atoms with E-state index in [0.717, 1.165) is 28.1 Å². The Labute approximate surface area is 193 Å². The first-order valence-corrected chi connectivity index (χ1v) is 10.8. The van der Waals surface area contributed by atoms with Gasteiger partial charge in [-0.15, -0.1) is 0 Å². The van der Waals surface area contributed by atoms with E-state index in [0.29, 0.717) is 35.4 Å². The molecule has 0 saturated carbocycles. The summed E-state index contributed by atoms with van der Waals surface area (Å²) >= 11 is 0. The van der Waals surface area contributed by atoms with Gasteiger partial charge in [-0.1, -0.05) is 29.8 Å². The lowest BCUT2D eigenvalue weighted by Gasteiger charge is -2.10. The number of aryl methyl sites for hydroxylation is 3. The zero-order chi connectivity index (χ0) is 23.5. The number of hydrogen-bond donors (Lipinski definition) is 1. The van der Waals surface area contributed by atoms with Gasteiger partial charge in [-0.2, -0.15) is 10.1 Å². The van der Waals surface area contributed by atoms with Crippen LogP contribution in [0.15, 0.2) is 54.6 Å². The SMILES string of the molecule is Cc1cccc(CC(=O)Nc2ccc(Oc3cc(-n4nc(C)c(C)c4C)nc(C)n3)cc2)c1. The third kappa shape index (κ3) is 5.26. The van der Waals surface area contributed by atoms with Crippen molar-refractivity contribution in [1.29, 1.82) is 0 Å². The van der Waals surface area contributed by atoms with Crippen LogP contribution in [0.25, 0.3) is 5.82 Å². The number of benzene rings is 2. The highest BCUT2D eigenvalue weighted by Crippen LogP contribution is 2.24. The molecule has 0 saturated heterocycles. The first-order valence-electron chi connectivity index (χ1n) is 10.8. The zero-order valence-electron chi connectivity index (χ0n) is 19.5. The van der Waals surface area contributed by atoms with Crippen LogP contribution in [0, 0.1) is 34.6 Å². The number of nitrogens with zero attached hydrogens (tertiary/aromatic N) is 4. The first kappa shape index (κ1) is 22.2. The van der Waals surface area contributed by atoms with Gasteiger partial charge in [0.1, 0.15) is 11.6 Å². The van der Waals surface area contributed by atoms with Gasteiger partial charge < -0.3 is 10.1 Å². The number of aromatic nitrogens is 4. The van der Waals surface area contributed by atoms with E-state index in [9.17, 15) is 4.79 Å². The summed E-state index contributed by atoms with van der Waals surface area (Å²) in [6, 6.07) is 16.9. The minimum atomic E-state index is -0.0643. The van der Waals surface area contributed by atoms with Gasteiger partial charge in [0.25, 0.3) is 0 Å². The summed E-state index contributed by atoms with van der Waals surface area (Å²) < 4.78 is 7.77. The van der Waals surface area contributed by atoms with Crippen molar-refractivity contribution < 1.29 is 9.53 Å². The number of rotatable bonds is 6. The van der Waals surface area contributed by atoms with E-state index in [1.807, 2.05) is 71.0 Å². The Morgan fingerprint density at radius 2 is 1.73 bits per heavy atom. The Hall–Kier alpha value is -4.00. The van der Waals surface area contributed by atoms with Crippen LogP contribution < -0.4 is 10.1 Å². The van der Waals surface area contributed by atoms with Gasteiger partial charge in [-0.05, 0) is 70.0 Å². The van der Waals surface area contributed by atoms with Gasteiger partial charge in [0.15, 0.2) is 5.82 Å². The molecule has 0 aliphatic rings. The summed E-state index contributed by atoms with van der Waals surface area (Å²) in [7, 11) is 0. The van der Waals surface area contributed by atoms with Crippen LogP contribution in [0.4, 0.5) is 5.69 Å². The fourth-order valence-electron chi connectivity index (χ4n) is 3.57. The minimum absolute atomic E-state index is 0.0643. The number of carbonyl (C=O) groups excluding carboxylic acids is 1. The molecule has 0 fully saturated rings. The first-order chi connectivity index (χ1) is 15.8. The van der Waals surface area contributed by atoms with Crippen LogP contribution in [-0.2, 0) is 11.2 Å². The summed E-state index contributed by atoms with van der Waals surface area (Å²) in [6.07, 6.45) is 0.328. The fourth-order valence-corrected chi connectivity index (χ4v) is 3.57. The van der Waals surface area contributed by atoms with Crippen molar-refractivity contribution in [1.82, 2.24) is 19.7 Å². The topological polar surface area (TPSA) is 81.9 Å².